The van der Waals surface area contributed by atoms with E-state index in [1.165, 1.54) is 5.56 Å². The average molecular weight is 331 g/mol. The van der Waals surface area contributed by atoms with Crippen molar-refractivity contribution in [3.05, 3.63) is 64.7 Å². The predicted molar refractivity (Wildman–Crippen MR) is 96.9 cm³/mol. The van der Waals surface area contributed by atoms with Crippen LogP contribution in [0.3, 0.4) is 0 Å². The minimum absolute atomic E-state index is 0.00748. The molecule has 0 unspecified atom stereocenters. The molecule has 0 aliphatic carbocycles. The Hall–Kier alpha value is -1.84. The molecule has 0 spiro atoms. The summed E-state index contributed by atoms with van der Waals surface area (Å²) < 4.78 is 0. The van der Waals surface area contributed by atoms with Crippen LogP contribution in [0.2, 0.25) is 5.02 Å². The first kappa shape index (κ1) is 17.5. The molecule has 0 aliphatic heterocycles. The molecule has 2 rings (SSSR count). The lowest BCUT2D eigenvalue weighted by Gasteiger charge is -2.21. The van der Waals surface area contributed by atoms with Gasteiger partial charge in [-0.25, -0.2) is 0 Å². The van der Waals surface area contributed by atoms with E-state index >= 15 is 0 Å². The highest BCUT2D eigenvalue weighted by Crippen LogP contribution is 2.22. The number of aryl methyl sites for hydroxylation is 1. The first-order chi connectivity index (χ1) is 11.0. The zero-order valence-corrected chi connectivity index (χ0v) is 14.5. The van der Waals surface area contributed by atoms with Gasteiger partial charge in [0, 0.05) is 16.8 Å². The van der Waals surface area contributed by atoms with E-state index in [4.69, 9.17) is 11.6 Å². The molecule has 2 atom stereocenters. The van der Waals surface area contributed by atoms with Crippen LogP contribution >= 0.6 is 11.6 Å². The van der Waals surface area contributed by atoms with E-state index in [9.17, 15) is 4.79 Å². The van der Waals surface area contributed by atoms with Crippen LogP contribution in [0.5, 0.6) is 0 Å². The van der Waals surface area contributed by atoms with E-state index in [0.29, 0.717) is 5.02 Å². The number of rotatable bonds is 6. The molecule has 23 heavy (non-hydrogen) atoms. The average Bonchev–Trinajstić information content (AvgIpc) is 2.55. The van der Waals surface area contributed by atoms with Crippen molar-refractivity contribution >= 4 is 23.2 Å². The number of carbonyl (C=O) groups excluding carboxylic acids is 1. The summed E-state index contributed by atoms with van der Waals surface area (Å²) in [4.78, 5) is 12.3. The van der Waals surface area contributed by atoms with Crippen molar-refractivity contribution in [2.75, 3.05) is 5.32 Å². The molecule has 122 valence electrons. The van der Waals surface area contributed by atoms with Gasteiger partial charge in [0.25, 0.3) is 0 Å². The van der Waals surface area contributed by atoms with Gasteiger partial charge in [-0.1, -0.05) is 48.9 Å². The summed E-state index contributed by atoms with van der Waals surface area (Å²) in [7, 11) is 0. The largest absolute Gasteiger partial charge is 0.325 e. The quantitative estimate of drug-likeness (QED) is 0.814. The van der Waals surface area contributed by atoms with Crippen LogP contribution in [-0.4, -0.2) is 11.9 Å². The molecule has 2 aromatic carbocycles. The topological polar surface area (TPSA) is 41.1 Å². The molecule has 0 bridgehead atoms. The molecule has 0 saturated heterocycles. The SMILES string of the molecule is CCc1ccc(NC(=O)[C@@H](C)N[C@H](C)c2ccccc2Cl)cc1. The minimum Gasteiger partial charge on any atom is -0.325 e. The Balaban J connectivity index is 1.95. The lowest BCUT2D eigenvalue weighted by Crippen LogP contribution is -2.39. The Morgan fingerprint density at radius 1 is 1.09 bits per heavy atom. The van der Waals surface area contributed by atoms with Crippen molar-refractivity contribution in [3.63, 3.8) is 0 Å². The Labute approximate surface area is 143 Å². The van der Waals surface area contributed by atoms with Crippen molar-refractivity contribution in [1.82, 2.24) is 5.32 Å². The van der Waals surface area contributed by atoms with Gasteiger partial charge in [0.15, 0.2) is 0 Å². The van der Waals surface area contributed by atoms with E-state index in [-0.39, 0.29) is 18.0 Å². The van der Waals surface area contributed by atoms with Crippen LogP contribution in [0.15, 0.2) is 48.5 Å². The molecule has 2 N–H and O–H groups in total. The Bertz CT molecular complexity index is 655. The number of amides is 1. The Morgan fingerprint density at radius 3 is 2.35 bits per heavy atom. The second-order valence-corrected chi connectivity index (χ2v) is 6.08. The number of hydrogen-bond donors (Lipinski definition) is 2. The van der Waals surface area contributed by atoms with E-state index in [1.54, 1.807) is 0 Å². The van der Waals surface area contributed by atoms with Gasteiger partial charge in [-0.05, 0) is 49.6 Å². The Kier molecular flexibility index (Phi) is 6.20. The number of carbonyl (C=O) groups is 1. The predicted octanol–water partition coefficient (Wildman–Crippen LogP) is 4.58. The van der Waals surface area contributed by atoms with Crippen LogP contribution in [0.4, 0.5) is 5.69 Å². The van der Waals surface area contributed by atoms with Gasteiger partial charge in [0.1, 0.15) is 0 Å². The molecule has 0 fully saturated rings. The molecule has 4 heteroatoms. The fraction of sp³-hybridized carbons (Fsp3) is 0.316. The third kappa shape index (κ3) is 4.81. The molecule has 0 aliphatic rings. The van der Waals surface area contributed by atoms with Gasteiger partial charge in [-0.3, -0.25) is 10.1 Å². The van der Waals surface area contributed by atoms with Crippen LogP contribution in [0.1, 0.15) is 37.9 Å². The highest BCUT2D eigenvalue weighted by molar-refractivity contribution is 6.31. The number of anilines is 1. The molecule has 3 nitrogen and oxygen atoms in total. The van der Waals surface area contributed by atoms with Crippen molar-refractivity contribution in [2.24, 2.45) is 0 Å². The maximum atomic E-state index is 12.3. The number of halogens is 1. The molecular weight excluding hydrogens is 308 g/mol. The zero-order chi connectivity index (χ0) is 16.8. The summed E-state index contributed by atoms with van der Waals surface area (Å²) in [6, 6.07) is 15.2. The molecule has 0 radical (unpaired) electrons. The zero-order valence-electron chi connectivity index (χ0n) is 13.8. The van der Waals surface area contributed by atoms with Crippen molar-refractivity contribution in [3.8, 4) is 0 Å². The molecular formula is C19H23ClN2O. The maximum absolute atomic E-state index is 12.3. The van der Waals surface area contributed by atoms with E-state index in [0.717, 1.165) is 17.7 Å². The highest BCUT2D eigenvalue weighted by Gasteiger charge is 2.17. The van der Waals surface area contributed by atoms with Gasteiger partial charge in [-0.15, -0.1) is 0 Å². The summed E-state index contributed by atoms with van der Waals surface area (Å²) in [5, 5.41) is 6.92. The highest BCUT2D eigenvalue weighted by atomic mass is 35.5. The first-order valence-corrected chi connectivity index (χ1v) is 8.29. The van der Waals surface area contributed by atoms with E-state index in [2.05, 4.69) is 17.6 Å². The fourth-order valence-corrected chi connectivity index (χ4v) is 2.74. The molecule has 0 saturated carbocycles. The van der Waals surface area contributed by atoms with Gasteiger partial charge < -0.3 is 5.32 Å². The van der Waals surface area contributed by atoms with E-state index < -0.39 is 0 Å². The summed E-state index contributed by atoms with van der Waals surface area (Å²) >= 11 is 6.20. The summed E-state index contributed by atoms with van der Waals surface area (Å²) in [6.45, 7) is 5.96. The minimum atomic E-state index is -0.327. The van der Waals surface area contributed by atoms with Gasteiger partial charge >= 0.3 is 0 Å². The lowest BCUT2D eigenvalue weighted by atomic mass is 10.1. The normalized spacial score (nSPS) is 13.4. The standard InChI is InChI=1S/C19H23ClN2O/c1-4-15-9-11-16(12-10-15)22-19(23)14(3)21-13(2)17-7-5-6-8-18(17)20/h5-14,21H,4H2,1-3H3,(H,22,23)/t13-,14-/m1/s1. The Morgan fingerprint density at radius 2 is 1.74 bits per heavy atom. The second-order valence-electron chi connectivity index (χ2n) is 5.67. The maximum Gasteiger partial charge on any atom is 0.241 e. The van der Waals surface area contributed by atoms with Crippen LogP contribution in [-0.2, 0) is 11.2 Å². The third-order valence-electron chi connectivity index (χ3n) is 3.89. The van der Waals surface area contributed by atoms with Crippen LogP contribution in [0.25, 0.3) is 0 Å². The van der Waals surface area contributed by atoms with Gasteiger partial charge in [0.2, 0.25) is 5.91 Å². The smallest absolute Gasteiger partial charge is 0.241 e. The summed E-state index contributed by atoms with van der Waals surface area (Å²) in [6.07, 6.45) is 0.988. The number of hydrogen-bond acceptors (Lipinski definition) is 2. The van der Waals surface area contributed by atoms with Crippen molar-refractivity contribution in [2.45, 2.75) is 39.3 Å². The number of benzene rings is 2. The molecule has 0 heterocycles. The van der Waals surface area contributed by atoms with Gasteiger partial charge in [-0.2, -0.15) is 0 Å². The van der Waals surface area contributed by atoms with E-state index in [1.807, 2.05) is 62.4 Å². The molecule has 0 aromatic heterocycles. The lowest BCUT2D eigenvalue weighted by molar-refractivity contribution is -0.117. The second kappa shape index (κ2) is 8.14. The molecule has 2 aromatic rings. The summed E-state index contributed by atoms with van der Waals surface area (Å²) in [5.74, 6) is -0.0619. The third-order valence-corrected chi connectivity index (χ3v) is 4.24. The van der Waals surface area contributed by atoms with Crippen LogP contribution in [0, 0.1) is 0 Å². The first-order valence-electron chi connectivity index (χ1n) is 7.91. The van der Waals surface area contributed by atoms with Crippen molar-refractivity contribution in [1.29, 1.82) is 0 Å². The monoisotopic (exact) mass is 330 g/mol. The van der Waals surface area contributed by atoms with Crippen molar-refractivity contribution < 1.29 is 4.79 Å². The van der Waals surface area contributed by atoms with Crippen LogP contribution < -0.4 is 10.6 Å². The summed E-state index contributed by atoms with van der Waals surface area (Å²) in [5.41, 5.74) is 3.05. The van der Waals surface area contributed by atoms with Gasteiger partial charge in [0.05, 0.1) is 6.04 Å². The number of nitrogens with one attached hydrogen (secondary N) is 2. The fourth-order valence-electron chi connectivity index (χ4n) is 2.44. The molecule has 1 amide bonds.